The number of carbonyl (C=O) groups excluding carboxylic acids is 3. The molecule has 10 nitrogen and oxygen atoms in total. The van der Waals surface area contributed by atoms with Gasteiger partial charge in [-0.25, -0.2) is 9.78 Å². The van der Waals surface area contributed by atoms with Crippen LogP contribution in [0.2, 0.25) is 0 Å². The van der Waals surface area contributed by atoms with Gasteiger partial charge in [0.25, 0.3) is 0 Å². The van der Waals surface area contributed by atoms with Gasteiger partial charge in [-0.2, -0.15) is 4.98 Å². The summed E-state index contributed by atoms with van der Waals surface area (Å²) in [5.41, 5.74) is 7.33. The van der Waals surface area contributed by atoms with Crippen LogP contribution >= 0.6 is 0 Å². The number of rotatable bonds is 7. The summed E-state index contributed by atoms with van der Waals surface area (Å²) in [7, 11) is 0. The predicted octanol–water partition coefficient (Wildman–Crippen LogP) is 3.29. The first-order chi connectivity index (χ1) is 17.4. The minimum Gasteiger partial charge on any atom is -0.462 e. The summed E-state index contributed by atoms with van der Waals surface area (Å²) in [6.07, 6.45) is 4.34. The molecule has 1 aliphatic rings. The maximum absolute atomic E-state index is 12.6. The smallest absolute Gasteiger partial charge is 0.342 e. The van der Waals surface area contributed by atoms with Crippen LogP contribution in [-0.2, 0) is 25.7 Å². The van der Waals surface area contributed by atoms with E-state index in [-0.39, 0.29) is 59.3 Å². The van der Waals surface area contributed by atoms with Gasteiger partial charge in [0, 0.05) is 19.2 Å². The zero-order valence-electron chi connectivity index (χ0n) is 20.2. The second-order valence-electron chi connectivity index (χ2n) is 8.41. The SMILES string of the molecule is CCOC(=O)c1c(C)oc2nc(COC(=O)C3CCN(C(=O)/C=C/c4ccccc4)CC3)nc(N)c12. The molecule has 3 heterocycles. The minimum absolute atomic E-state index is 0.0429. The van der Waals surface area contributed by atoms with Crippen LogP contribution < -0.4 is 5.73 Å². The average molecular weight is 493 g/mol. The maximum Gasteiger partial charge on any atom is 0.342 e. The molecule has 0 bridgehead atoms. The quantitative estimate of drug-likeness (QED) is 0.389. The van der Waals surface area contributed by atoms with Crippen LogP contribution in [0, 0.1) is 12.8 Å². The third kappa shape index (κ3) is 5.54. The van der Waals surface area contributed by atoms with E-state index < -0.39 is 5.97 Å². The number of aryl methyl sites for hydroxylation is 1. The highest BCUT2D eigenvalue weighted by molar-refractivity contribution is 6.07. The first-order valence-corrected chi connectivity index (χ1v) is 11.8. The zero-order chi connectivity index (χ0) is 25.7. The van der Waals surface area contributed by atoms with E-state index in [4.69, 9.17) is 19.6 Å². The van der Waals surface area contributed by atoms with Crippen molar-refractivity contribution < 1.29 is 28.3 Å². The molecule has 2 aromatic heterocycles. The van der Waals surface area contributed by atoms with Gasteiger partial charge < -0.3 is 24.5 Å². The minimum atomic E-state index is -0.566. The van der Waals surface area contributed by atoms with E-state index >= 15 is 0 Å². The molecule has 0 atom stereocenters. The van der Waals surface area contributed by atoms with Crippen molar-refractivity contribution in [3.8, 4) is 0 Å². The molecular weight excluding hydrogens is 464 g/mol. The molecule has 1 amide bonds. The van der Waals surface area contributed by atoms with E-state index in [2.05, 4.69) is 9.97 Å². The fraction of sp³-hybridized carbons (Fsp3) is 0.346. The Balaban J connectivity index is 1.32. The number of furan rings is 1. The van der Waals surface area contributed by atoms with Gasteiger partial charge in [0.05, 0.1) is 17.9 Å². The Morgan fingerprint density at radius 2 is 1.86 bits per heavy atom. The monoisotopic (exact) mass is 492 g/mol. The lowest BCUT2D eigenvalue weighted by Gasteiger charge is -2.30. The van der Waals surface area contributed by atoms with Crippen molar-refractivity contribution >= 4 is 40.8 Å². The third-order valence-corrected chi connectivity index (χ3v) is 5.98. The van der Waals surface area contributed by atoms with E-state index in [1.807, 2.05) is 30.3 Å². The molecule has 36 heavy (non-hydrogen) atoms. The summed E-state index contributed by atoms with van der Waals surface area (Å²) in [5, 5.41) is 0.277. The predicted molar refractivity (Wildman–Crippen MR) is 131 cm³/mol. The lowest BCUT2D eigenvalue weighted by Crippen LogP contribution is -2.39. The number of benzene rings is 1. The highest BCUT2D eigenvalue weighted by atomic mass is 16.5. The molecule has 1 fully saturated rings. The lowest BCUT2D eigenvalue weighted by atomic mass is 9.97. The average Bonchev–Trinajstić information content (AvgIpc) is 3.23. The van der Waals surface area contributed by atoms with Crippen LogP contribution in [0.5, 0.6) is 0 Å². The molecule has 0 unspecified atom stereocenters. The summed E-state index contributed by atoms with van der Waals surface area (Å²) in [6.45, 7) is 4.27. The van der Waals surface area contributed by atoms with Gasteiger partial charge in [0.15, 0.2) is 12.4 Å². The Kier molecular flexibility index (Phi) is 7.62. The Morgan fingerprint density at radius 3 is 2.56 bits per heavy atom. The van der Waals surface area contributed by atoms with Crippen molar-refractivity contribution in [2.45, 2.75) is 33.3 Å². The summed E-state index contributed by atoms with van der Waals surface area (Å²) in [5.74, 6) is -0.833. The van der Waals surface area contributed by atoms with Crippen LogP contribution in [0.25, 0.3) is 17.2 Å². The number of carbonyl (C=O) groups is 3. The Labute approximate surface area is 208 Å². The molecule has 0 aliphatic carbocycles. The first-order valence-electron chi connectivity index (χ1n) is 11.8. The van der Waals surface area contributed by atoms with E-state index in [0.717, 1.165) is 5.56 Å². The van der Waals surface area contributed by atoms with Gasteiger partial charge in [-0.15, -0.1) is 0 Å². The van der Waals surface area contributed by atoms with E-state index in [1.165, 1.54) is 0 Å². The number of anilines is 1. The van der Waals surface area contributed by atoms with Gasteiger partial charge in [-0.05, 0) is 38.3 Å². The largest absolute Gasteiger partial charge is 0.462 e. The Hall–Kier alpha value is -4.21. The van der Waals surface area contributed by atoms with Crippen molar-refractivity contribution in [1.82, 2.24) is 14.9 Å². The number of piperidine rings is 1. The van der Waals surface area contributed by atoms with Gasteiger partial charge in [-0.3, -0.25) is 9.59 Å². The number of aromatic nitrogens is 2. The maximum atomic E-state index is 12.6. The molecule has 0 radical (unpaired) electrons. The van der Waals surface area contributed by atoms with Crippen LogP contribution in [0.3, 0.4) is 0 Å². The number of likely N-dealkylation sites (tertiary alicyclic amines) is 1. The lowest BCUT2D eigenvalue weighted by molar-refractivity contribution is -0.152. The van der Waals surface area contributed by atoms with Crippen LogP contribution in [0.4, 0.5) is 5.82 Å². The molecule has 188 valence electrons. The topological polar surface area (TPSA) is 138 Å². The zero-order valence-corrected chi connectivity index (χ0v) is 20.2. The summed E-state index contributed by atoms with van der Waals surface area (Å²) in [6, 6.07) is 9.59. The Bertz CT molecular complexity index is 1290. The van der Waals surface area contributed by atoms with E-state index in [1.54, 1.807) is 30.9 Å². The van der Waals surface area contributed by atoms with E-state index in [0.29, 0.717) is 31.7 Å². The van der Waals surface area contributed by atoms with Crippen LogP contribution in [-0.4, -0.2) is 52.4 Å². The standard InChI is InChI=1S/C26H28N4O6/c1-3-34-26(33)21-16(2)36-24-22(21)23(27)28-19(29-24)15-35-25(32)18-11-13-30(14-12-18)20(31)10-9-17-7-5-4-6-8-17/h4-10,18H,3,11-15H2,1-2H3,(H2,27,28,29)/b10-9+. The van der Waals surface area contributed by atoms with Crippen molar-refractivity contribution in [2.24, 2.45) is 5.92 Å². The number of nitrogen functional groups attached to an aromatic ring is 1. The van der Waals surface area contributed by atoms with E-state index in [9.17, 15) is 14.4 Å². The molecule has 4 rings (SSSR count). The van der Waals surface area contributed by atoms with Crippen LogP contribution in [0.15, 0.2) is 40.8 Å². The fourth-order valence-electron chi connectivity index (χ4n) is 4.12. The summed E-state index contributed by atoms with van der Waals surface area (Å²) < 4.78 is 16.1. The second kappa shape index (κ2) is 11.0. The number of esters is 2. The van der Waals surface area contributed by atoms with Crippen molar-refractivity contribution in [3.05, 3.63) is 59.1 Å². The van der Waals surface area contributed by atoms with Gasteiger partial charge in [0.1, 0.15) is 17.1 Å². The van der Waals surface area contributed by atoms with Crippen molar-refractivity contribution in [2.75, 3.05) is 25.4 Å². The molecule has 2 N–H and O–H groups in total. The molecule has 3 aromatic rings. The van der Waals surface area contributed by atoms with Crippen molar-refractivity contribution in [3.63, 3.8) is 0 Å². The molecule has 1 aromatic carbocycles. The number of nitrogens with zero attached hydrogens (tertiary/aromatic N) is 3. The number of ether oxygens (including phenoxy) is 2. The normalized spacial score (nSPS) is 14.3. The molecule has 1 aliphatic heterocycles. The van der Waals surface area contributed by atoms with Crippen molar-refractivity contribution in [1.29, 1.82) is 0 Å². The first kappa shape index (κ1) is 24.9. The van der Waals surface area contributed by atoms with Crippen LogP contribution in [0.1, 0.15) is 47.3 Å². The highest BCUT2D eigenvalue weighted by Gasteiger charge is 2.28. The van der Waals surface area contributed by atoms with Gasteiger partial charge >= 0.3 is 11.9 Å². The number of amides is 1. The third-order valence-electron chi connectivity index (χ3n) is 5.98. The Morgan fingerprint density at radius 1 is 1.14 bits per heavy atom. The van der Waals surface area contributed by atoms with Gasteiger partial charge in [0.2, 0.25) is 11.6 Å². The molecule has 10 heteroatoms. The molecular formula is C26H28N4O6. The van der Waals surface area contributed by atoms with Gasteiger partial charge in [-0.1, -0.05) is 30.3 Å². The number of nitrogens with two attached hydrogens (primary N) is 1. The molecule has 1 saturated heterocycles. The number of hydrogen-bond acceptors (Lipinski definition) is 9. The molecule has 0 spiro atoms. The second-order valence-corrected chi connectivity index (χ2v) is 8.41. The number of fused-ring (bicyclic) bond motifs is 1. The molecule has 0 saturated carbocycles. The number of hydrogen-bond donors (Lipinski definition) is 1. The summed E-state index contributed by atoms with van der Waals surface area (Å²) in [4.78, 5) is 47.5. The summed E-state index contributed by atoms with van der Waals surface area (Å²) >= 11 is 0. The highest BCUT2D eigenvalue weighted by Crippen LogP contribution is 2.29. The fourth-order valence-corrected chi connectivity index (χ4v) is 4.12.